The highest BCUT2D eigenvalue weighted by Crippen LogP contribution is 2.36. The first kappa shape index (κ1) is 16.0. The molecule has 0 spiro atoms. The van der Waals surface area contributed by atoms with E-state index in [1.165, 1.54) is 51.4 Å². The fourth-order valence-corrected chi connectivity index (χ4v) is 3.59. The molecule has 1 nitrogen and oxygen atoms in total. The molecule has 1 aliphatic carbocycles. The van der Waals surface area contributed by atoms with E-state index < -0.39 is 0 Å². The molecule has 1 N–H and O–H groups in total. The number of hydrogen-bond donors (Lipinski definition) is 1. The van der Waals surface area contributed by atoms with Crippen molar-refractivity contribution >= 4 is 0 Å². The fraction of sp³-hybridized carbons (Fsp3) is 1.00. The predicted molar refractivity (Wildman–Crippen MR) is 81.9 cm³/mol. The van der Waals surface area contributed by atoms with Crippen molar-refractivity contribution in [3.63, 3.8) is 0 Å². The second kappa shape index (κ2) is 8.96. The molecule has 0 bridgehead atoms. The monoisotopic (exact) mass is 253 g/mol. The normalized spacial score (nSPS) is 28.8. The maximum absolute atomic E-state index is 3.73. The van der Waals surface area contributed by atoms with E-state index in [1.54, 1.807) is 0 Å². The third-order valence-electron chi connectivity index (χ3n) is 4.86. The van der Waals surface area contributed by atoms with Crippen LogP contribution in [0, 0.1) is 17.8 Å². The van der Waals surface area contributed by atoms with E-state index in [0.29, 0.717) is 0 Å². The van der Waals surface area contributed by atoms with Gasteiger partial charge in [-0.05, 0) is 50.0 Å². The van der Waals surface area contributed by atoms with Gasteiger partial charge in [-0.15, -0.1) is 0 Å². The third kappa shape index (κ3) is 5.30. The smallest absolute Gasteiger partial charge is 0.00954 e. The fourth-order valence-electron chi connectivity index (χ4n) is 3.59. The number of rotatable bonds is 8. The molecule has 0 amide bonds. The van der Waals surface area contributed by atoms with Crippen LogP contribution in [0.25, 0.3) is 0 Å². The Morgan fingerprint density at radius 3 is 2.44 bits per heavy atom. The van der Waals surface area contributed by atoms with Crippen molar-refractivity contribution in [3.05, 3.63) is 0 Å². The molecule has 0 radical (unpaired) electrons. The molecule has 0 aromatic carbocycles. The third-order valence-corrected chi connectivity index (χ3v) is 4.86. The van der Waals surface area contributed by atoms with E-state index in [4.69, 9.17) is 0 Å². The van der Waals surface area contributed by atoms with Crippen molar-refractivity contribution in [3.8, 4) is 0 Å². The van der Waals surface area contributed by atoms with Crippen LogP contribution in [-0.2, 0) is 0 Å². The molecule has 3 atom stereocenters. The van der Waals surface area contributed by atoms with Crippen LogP contribution in [0.2, 0.25) is 0 Å². The van der Waals surface area contributed by atoms with Gasteiger partial charge in [-0.3, -0.25) is 0 Å². The van der Waals surface area contributed by atoms with Gasteiger partial charge in [0.25, 0.3) is 0 Å². The van der Waals surface area contributed by atoms with E-state index in [1.807, 2.05) is 0 Å². The quantitative estimate of drug-likeness (QED) is 0.600. The number of unbranched alkanes of at least 4 members (excludes halogenated alkanes) is 3. The lowest BCUT2D eigenvalue weighted by molar-refractivity contribution is 0.159. The van der Waals surface area contributed by atoms with Gasteiger partial charge < -0.3 is 5.32 Å². The Bertz CT molecular complexity index is 200. The zero-order valence-electron chi connectivity index (χ0n) is 13.2. The minimum Gasteiger partial charge on any atom is -0.314 e. The van der Waals surface area contributed by atoms with Gasteiger partial charge in [0.05, 0.1) is 0 Å². The Labute approximate surface area is 115 Å². The Balaban J connectivity index is 2.39. The SMILES string of the molecule is CCCCCCC1CC(C(C)C)CCC1NCC. The molecule has 1 aliphatic rings. The molecule has 0 aliphatic heterocycles. The molecule has 1 saturated carbocycles. The maximum atomic E-state index is 3.73. The van der Waals surface area contributed by atoms with Gasteiger partial charge >= 0.3 is 0 Å². The van der Waals surface area contributed by atoms with E-state index in [2.05, 4.69) is 33.0 Å². The topological polar surface area (TPSA) is 12.0 Å². The molecule has 108 valence electrons. The summed E-state index contributed by atoms with van der Waals surface area (Å²) in [6, 6.07) is 0.812. The molecule has 1 fully saturated rings. The van der Waals surface area contributed by atoms with Crippen molar-refractivity contribution in [2.45, 2.75) is 85.1 Å². The van der Waals surface area contributed by atoms with E-state index in [-0.39, 0.29) is 0 Å². The van der Waals surface area contributed by atoms with Crippen molar-refractivity contribution in [1.29, 1.82) is 0 Å². The van der Waals surface area contributed by atoms with Gasteiger partial charge in [0.2, 0.25) is 0 Å². The molecule has 0 saturated heterocycles. The molecule has 1 heteroatoms. The van der Waals surface area contributed by atoms with Crippen LogP contribution in [-0.4, -0.2) is 12.6 Å². The largest absolute Gasteiger partial charge is 0.314 e. The van der Waals surface area contributed by atoms with Crippen LogP contribution in [0.4, 0.5) is 0 Å². The van der Waals surface area contributed by atoms with E-state index >= 15 is 0 Å². The predicted octanol–water partition coefficient (Wildman–Crippen LogP) is 5.01. The first-order chi connectivity index (χ1) is 8.69. The van der Waals surface area contributed by atoms with Gasteiger partial charge in [-0.2, -0.15) is 0 Å². The highest BCUT2D eigenvalue weighted by atomic mass is 14.9. The van der Waals surface area contributed by atoms with Crippen LogP contribution in [0.15, 0.2) is 0 Å². The Kier molecular flexibility index (Phi) is 7.97. The molecular weight excluding hydrogens is 218 g/mol. The molecule has 1 rings (SSSR count). The van der Waals surface area contributed by atoms with Crippen LogP contribution >= 0.6 is 0 Å². The van der Waals surface area contributed by atoms with E-state index in [9.17, 15) is 0 Å². The second-order valence-electron chi connectivity index (χ2n) is 6.59. The molecule has 18 heavy (non-hydrogen) atoms. The van der Waals surface area contributed by atoms with Crippen LogP contribution in [0.1, 0.15) is 79.1 Å². The van der Waals surface area contributed by atoms with Crippen LogP contribution in [0.3, 0.4) is 0 Å². The maximum Gasteiger partial charge on any atom is 0.00954 e. The minimum atomic E-state index is 0.812. The Morgan fingerprint density at radius 2 is 1.83 bits per heavy atom. The first-order valence-electron chi connectivity index (χ1n) is 8.42. The lowest BCUT2D eigenvalue weighted by Gasteiger charge is -2.38. The lowest BCUT2D eigenvalue weighted by Crippen LogP contribution is -2.41. The van der Waals surface area contributed by atoms with Crippen molar-refractivity contribution in [2.75, 3.05) is 6.54 Å². The average molecular weight is 253 g/mol. The zero-order chi connectivity index (χ0) is 13.4. The number of hydrogen-bond acceptors (Lipinski definition) is 1. The van der Waals surface area contributed by atoms with Crippen molar-refractivity contribution in [1.82, 2.24) is 5.32 Å². The molecule has 3 unspecified atom stereocenters. The Hall–Kier alpha value is -0.0400. The van der Waals surface area contributed by atoms with Gasteiger partial charge in [0.15, 0.2) is 0 Å². The second-order valence-corrected chi connectivity index (χ2v) is 6.59. The molecule has 0 aromatic rings. The van der Waals surface area contributed by atoms with Gasteiger partial charge in [-0.1, -0.05) is 53.4 Å². The lowest BCUT2D eigenvalue weighted by atomic mass is 9.72. The summed E-state index contributed by atoms with van der Waals surface area (Å²) >= 11 is 0. The van der Waals surface area contributed by atoms with Gasteiger partial charge in [-0.25, -0.2) is 0 Å². The van der Waals surface area contributed by atoms with E-state index in [0.717, 1.165) is 30.3 Å². The standard InChI is InChI=1S/C17H35N/c1-5-7-8-9-10-16-13-15(14(3)4)11-12-17(16)18-6-2/h14-18H,5-13H2,1-4H3. The minimum absolute atomic E-state index is 0.812. The summed E-state index contributed by atoms with van der Waals surface area (Å²) in [7, 11) is 0. The summed E-state index contributed by atoms with van der Waals surface area (Å²) < 4.78 is 0. The summed E-state index contributed by atoms with van der Waals surface area (Å²) in [5.74, 6) is 2.81. The van der Waals surface area contributed by atoms with Gasteiger partial charge in [0.1, 0.15) is 0 Å². The van der Waals surface area contributed by atoms with Crippen LogP contribution in [0.5, 0.6) is 0 Å². The Morgan fingerprint density at radius 1 is 1.06 bits per heavy atom. The van der Waals surface area contributed by atoms with Crippen molar-refractivity contribution < 1.29 is 0 Å². The summed E-state index contributed by atoms with van der Waals surface area (Å²) in [5.41, 5.74) is 0. The first-order valence-corrected chi connectivity index (χ1v) is 8.42. The van der Waals surface area contributed by atoms with Crippen molar-refractivity contribution in [2.24, 2.45) is 17.8 Å². The molecular formula is C17H35N. The average Bonchev–Trinajstić information content (AvgIpc) is 2.36. The zero-order valence-corrected chi connectivity index (χ0v) is 13.2. The summed E-state index contributed by atoms with van der Waals surface area (Å²) in [5, 5.41) is 3.73. The summed E-state index contributed by atoms with van der Waals surface area (Å²) in [6.07, 6.45) is 11.5. The highest BCUT2D eigenvalue weighted by Gasteiger charge is 2.30. The number of nitrogens with one attached hydrogen (secondary N) is 1. The summed E-state index contributed by atoms with van der Waals surface area (Å²) in [6.45, 7) is 10.5. The summed E-state index contributed by atoms with van der Waals surface area (Å²) in [4.78, 5) is 0. The molecule has 0 heterocycles. The van der Waals surface area contributed by atoms with Gasteiger partial charge in [0, 0.05) is 6.04 Å². The highest BCUT2D eigenvalue weighted by molar-refractivity contribution is 4.85. The molecule has 0 aromatic heterocycles. The van der Waals surface area contributed by atoms with Crippen LogP contribution < -0.4 is 5.32 Å².